The first-order valence-corrected chi connectivity index (χ1v) is 7.80. The average Bonchev–Trinajstić information content (AvgIpc) is 2.40. The van der Waals surface area contributed by atoms with E-state index in [0.29, 0.717) is 16.4 Å². The zero-order valence-corrected chi connectivity index (χ0v) is 13.3. The fourth-order valence-corrected chi connectivity index (χ4v) is 3.11. The molecular weight excluding hydrogens is 336 g/mol. The number of halogens is 3. The molecule has 0 spiro atoms. The molecule has 1 aliphatic rings. The number of aryl methyl sites for hydroxylation is 1. The highest BCUT2D eigenvalue weighted by atomic mass is 79.9. The molecule has 1 fully saturated rings. The number of hydrogen-bond donors (Lipinski definition) is 1. The number of hydrogen-bond acceptors (Lipinski definition) is 1. The first-order valence-electron chi connectivity index (χ1n) is 7.00. The summed E-state index contributed by atoms with van der Waals surface area (Å²) < 4.78 is 26.8. The van der Waals surface area contributed by atoms with Gasteiger partial charge in [-0.15, -0.1) is 0 Å². The van der Waals surface area contributed by atoms with Gasteiger partial charge in [0, 0.05) is 11.7 Å². The van der Waals surface area contributed by atoms with Crippen LogP contribution >= 0.6 is 15.9 Å². The van der Waals surface area contributed by atoms with E-state index in [9.17, 15) is 8.78 Å². The van der Waals surface area contributed by atoms with Crippen molar-refractivity contribution in [1.82, 2.24) is 0 Å². The normalized spacial score (nSPS) is 21.0. The average molecular weight is 352 g/mol. The van der Waals surface area contributed by atoms with Crippen molar-refractivity contribution in [3.05, 3.63) is 63.6 Å². The molecule has 0 bridgehead atoms. The standard InChI is InChI=1S/C17H16BrF2N/c1-10-6-16(20)15(18)9-17(10)21-14-7-12(8-14)11-2-4-13(19)5-3-11/h2-6,9,12,14,21H,7-8H2,1H3. The van der Waals surface area contributed by atoms with Crippen LogP contribution in [0.1, 0.15) is 29.9 Å². The van der Waals surface area contributed by atoms with Crippen LogP contribution in [0, 0.1) is 18.6 Å². The second kappa shape index (κ2) is 5.76. The number of nitrogens with one attached hydrogen (secondary N) is 1. The predicted molar refractivity (Wildman–Crippen MR) is 84.6 cm³/mol. The Morgan fingerprint density at radius 3 is 2.43 bits per heavy atom. The third-order valence-electron chi connectivity index (χ3n) is 4.11. The molecule has 0 saturated heterocycles. The smallest absolute Gasteiger partial charge is 0.137 e. The number of benzene rings is 2. The molecule has 0 aliphatic heterocycles. The van der Waals surface area contributed by atoms with E-state index < -0.39 is 0 Å². The van der Waals surface area contributed by atoms with Gasteiger partial charge in [-0.05, 0) is 77.0 Å². The second-order valence-electron chi connectivity index (χ2n) is 5.64. The molecule has 2 aromatic rings. The van der Waals surface area contributed by atoms with Crippen LogP contribution in [0.3, 0.4) is 0 Å². The first kappa shape index (κ1) is 14.5. The highest BCUT2D eigenvalue weighted by molar-refractivity contribution is 9.10. The molecule has 1 saturated carbocycles. The lowest BCUT2D eigenvalue weighted by Crippen LogP contribution is -2.34. The lowest BCUT2D eigenvalue weighted by atomic mass is 9.76. The minimum Gasteiger partial charge on any atom is -0.382 e. The van der Waals surface area contributed by atoms with Crippen LogP contribution < -0.4 is 5.32 Å². The van der Waals surface area contributed by atoms with E-state index in [2.05, 4.69) is 21.2 Å². The Bertz CT molecular complexity index is 649. The van der Waals surface area contributed by atoms with Crippen molar-refractivity contribution in [2.75, 3.05) is 5.32 Å². The molecule has 0 atom stereocenters. The van der Waals surface area contributed by atoms with Gasteiger partial charge in [-0.2, -0.15) is 0 Å². The molecule has 0 aromatic heterocycles. The summed E-state index contributed by atoms with van der Waals surface area (Å²) in [5.74, 6) is 0.0441. The van der Waals surface area contributed by atoms with Crippen molar-refractivity contribution in [2.45, 2.75) is 31.7 Å². The van der Waals surface area contributed by atoms with Crippen LogP contribution in [0.5, 0.6) is 0 Å². The van der Waals surface area contributed by atoms with Crippen LogP contribution in [-0.4, -0.2) is 6.04 Å². The van der Waals surface area contributed by atoms with E-state index in [1.54, 1.807) is 6.07 Å². The number of rotatable bonds is 3. The Balaban J connectivity index is 1.62. The van der Waals surface area contributed by atoms with Gasteiger partial charge in [-0.25, -0.2) is 8.78 Å². The van der Waals surface area contributed by atoms with Crippen LogP contribution in [0.2, 0.25) is 0 Å². The minimum atomic E-state index is -0.240. The molecule has 3 rings (SSSR count). The van der Waals surface area contributed by atoms with Crippen LogP contribution in [0.15, 0.2) is 40.9 Å². The maximum Gasteiger partial charge on any atom is 0.137 e. The zero-order valence-electron chi connectivity index (χ0n) is 11.7. The lowest BCUT2D eigenvalue weighted by Gasteiger charge is -2.37. The predicted octanol–water partition coefficient (Wildman–Crippen LogP) is 5.39. The molecular formula is C17H16BrF2N. The molecule has 2 aromatic carbocycles. The molecule has 110 valence electrons. The highest BCUT2D eigenvalue weighted by Crippen LogP contribution is 2.39. The molecule has 0 amide bonds. The monoisotopic (exact) mass is 351 g/mol. The third kappa shape index (κ3) is 3.10. The summed E-state index contributed by atoms with van der Waals surface area (Å²) in [6.07, 6.45) is 2.03. The van der Waals surface area contributed by atoms with Gasteiger partial charge in [0.2, 0.25) is 0 Å². The second-order valence-corrected chi connectivity index (χ2v) is 6.50. The lowest BCUT2D eigenvalue weighted by molar-refractivity contribution is 0.373. The summed E-state index contributed by atoms with van der Waals surface area (Å²) in [5, 5.41) is 3.46. The van der Waals surface area contributed by atoms with E-state index in [-0.39, 0.29) is 11.6 Å². The summed E-state index contributed by atoms with van der Waals surface area (Å²) in [5.41, 5.74) is 3.05. The summed E-state index contributed by atoms with van der Waals surface area (Å²) in [7, 11) is 0. The van der Waals surface area contributed by atoms with Crippen molar-refractivity contribution in [1.29, 1.82) is 0 Å². The van der Waals surface area contributed by atoms with Crippen molar-refractivity contribution in [2.24, 2.45) is 0 Å². The molecule has 21 heavy (non-hydrogen) atoms. The van der Waals surface area contributed by atoms with Gasteiger partial charge in [0.25, 0.3) is 0 Å². The Hall–Kier alpha value is -1.42. The van der Waals surface area contributed by atoms with Crippen LogP contribution in [0.25, 0.3) is 0 Å². The quantitative estimate of drug-likeness (QED) is 0.781. The van der Waals surface area contributed by atoms with Gasteiger partial charge in [0.1, 0.15) is 11.6 Å². The molecule has 0 radical (unpaired) electrons. The van der Waals surface area contributed by atoms with E-state index >= 15 is 0 Å². The van der Waals surface area contributed by atoms with Gasteiger partial charge in [-0.3, -0.25) is 0 Å². The molecule has 0 heterocycles. The Kier molecular flexibility index (Phi) is 3.98. The van der Waals surface area contributed by atoms with Gasteiger partial charge in [-0.1, -0.05) is 12.1 Å². The van der Waals surface area contributed by atoms with E-state index in [0.717, 1.165) is 24.1 Å². The van der Waals surface area contributed by atoms with E-state index in [1.165, 1.54) is 23.8 Å². The van der Waals surface area contributed by atoms with Gasteiger partial charge < -0.3 is 5.32 Å². The van der Waals surface area contributed by atoms with Crippen LogP contribution in [-0.2, 0) is 0 Å². The van der Waals surface area contributed by atoms with Crippen molar-refractivity contribution >= 4 is 21.6 Å². The summed E-state index contributed by atoms with van der Waals surface area (Å²) in [6.45, 7) is 1.90. The topological polar surface area (TPSA) is 12.0 Å². The SMILES string of the molecule is Cc1cc(F)c(Br)cc1NC1CC(c2ccc(F)cc2)C1. The Labute approximate surface area is 131 Å². The molecule has 0 unspecified atom stereocenters. The van der Waals surface area contributed by atoms with Gasteiger partial charge in [0.15, 0.2) is 0 Å². The summed E-state index contributed by atoms with van der Waals surface area (Å²) in [4.78, 5) is 0. The highest BCUT2D eigenvalue weighted by Gasteiger charge is 2.30. The molecule has 1 nitrogen and oxygen atoms in total. The van der Waals surface area contributed by atoms with E-state index in [1.807, 2.05) is 19.1 Å². The largest absolute Gasteiger partial charge is 0.382 e. The van der Waals surface area contributed by atoms with Crippen molar-refractivity contribution < 1.29 is 8.78 Å². The molecule has 4 heteroatoms. The fraction of sp³-hybridized carbons (Fsp3) is 0.294. The zero-order chi connectivity index (χ0) is 15.0. The van der Waals surface area contributed by atoms with Crippen molar-refractivity contribution in [3.8, 4) is 0 Å². The number of anilines is 1. The van der Waals surface area contributed by atoms with E-state index in [4.69, 9.17) is 0 Å². The summed E-state index contributed by atoms with van der Waals surface area (Å²) >= 11 is 3.21. The molecule has 1 N–H and O–H groups in total. The Morgan fingerprint density at radius 1 is 1.10 bits per heavy atom. The van der Waals surface area contributed by atoms with Gasteiger partial charge in [0.05, 0.1) is 4.47 Å². The first-order chi connectivity index (χ1) is 10.0. The summed E-state index contributed by atoms with van der Waals surface area (Å²) in [6, 6.07) is 10.4. The maximum atomic E-state index is 13.4. The Morgan fingerprint density at radius 2 is 1.76 bits per heavy atom. The van der Waals surface area contributed by atoms with Gasteiger partial charge >= 0.3 is 0 Å². The minimum absolute atomic E-state index is 0.195. The maximum absolute atomic E-state index is 13.4. The fourth-order valence-electron chi connectivity index (χ4n) is 2.76. The van der Waals surface area contributed by atoms with Crippen molar-refractivity contribution in [3.63, 3.8) is 0 Å². The molecule has 1 aliphatic carbocycles. The van der Waals surface area contributed by atoms with Crippen LogP contribution in [0.4, 0.5) is 14.5 Å². The third-order valence-corrected chi connectivity index (χ3v) is 4.71.